The molecule has 0 aliphatic carbocycles. The Morgan fingerprint density at radius 2 is 1.90 bits per heavy atom. The van der Waals surface area contributed by atoms with Crippen molar-refractivity contribution in [2.24, 2.45) is 0 Å². The third-order valence-electron chi connectivity index (χ3n) is 2.73. The van der Waals surface area contributed by atoms with Crippen LogP contribution in [0.15, 0.2) is 46.7 Å². The number of nitrogens with one attached hydrogen (secondary N) is 2. The van der Waals surface area contributed by atoms with E-state index in [1.54, 1.807) is 30.3 Å². The van der Waals surface area contributed by atoms with Crippen molar-refractivity contribution in [2.45, 2.75) is 24.8 Å². The number of thiophene rings is 1. The highest BCUT2D eigenvalue weighted by molar-refractivity contribution is 7.93. The normalized spacial score (nSPS) is 11.4. The molecule has 0 unspecified atom stereocenters. The van der Waals surface area contributed by atoms with E-state index in [1.807, 2.05) is 11.4 Å². The molecule has 0 saturated carbocycles. The topological polar surface area (TPSA) is 58.2 Å². The fourth-order valence-electron chi connectivity index (χ4n) is 1.79. The van der Waals surface area contributed by atoms with Gasteiger partial charge in [-0.3, -0.25) is 4.72 Å². The van der Waals surface area contributed by atoms with Gasteiger partial charge in [-0.05, 0) is 36.5 Å². The van der Waals surface area contributed by atoms with E-state index in [0.717, 1.165) is 17.8 Å². The zero-order valence-electron chi connectivity index (χ0n) is 11.3. The fraction of sp³-hybridized carbons (Fsp3) is 0.286. The second-order valence-corrected chi connectivity index (χ2v) is 7.01. The summed E-state index contributed by atoms with van der Waals surface area (Å²) in [7, 11) is -3.52. The molecule has 0 amide bonds. The Kier molecular flexibility index (Phi) is 5.17. The van der Waals surface area contributed by atoms with Crippen molar-refractivity contribution >= 4 is 27.0 Å². The lowest BCUT2D eigenvalue weighted by molar-refractivity contribution is 0.599. The van der Waals surface area contributed by atoms with Gasteiger partial charge in [-0.25, -0.2) is 8.42 Å². The zero-order valence-corrected chi connectivity index (χ0v) is 12.9. The highest BCUT2D eigenvalue weighted by Crippen LogP contribution is 2.24. The van der Waals surface area contributed by atoms with E-state index in [-0.39, 0.29) is 0 Å². The predicted octanol–water partition coefficient (Wildman–Crippen LogP) is 3.05. The van der Waals surface area contributed by atoms with Gasteiger partial charge in [0.1, 0.15) is 4.90 Å². The van der Waals surface area contributed by atoms with Gasteiger partial charge in [-0.2, -0.15) is 0 Å². The van der Waals surface area contributed by atoms with Crippen LogP contribution in [-0.4, -0.2) is 15.0 Å². The fourth-order valence-corrected chi connectivity index (χ4v) is 4.27. The third kappa shape index (κ3) is 3.82. The van der Waals surface area contributed by atoms with Crippen LogP contribution in [0.5, 0.6) is 0 Å². The maximum absolute atomic E-state index is 12.4. The molecule has 4 nitrogen and oxygen atoms in total. The molecule has 1 aromatic heterocycles. The molecule has 0 bridgehead atoms. The molecule has 0 atom stereocenters. The van der Waals surface area contributed by atoms with Crippen molar-refractivity contribution in [3.8, 4) is 0 Å². The molecule has 0 saturated heterocycles. The Labute approximate surface area is 123 Å². The monoisotopic (exact) mass is 310 g/mol. The highest BCUT2D eigenvalue weighted by atomic mass is 32.2. The summed E-state index contributed by atoms with van der Waals surface area (Å²) >= 11 is 1.46. The van der Waals surface area contributed by atoms with Gasteiger partial charge in [0.2, 0.25) is 0 Å². The van der Waals surface area contributed by atoms with Crippen LogP contribution >= 0.6 is 11.3 Å². The summed E-state index contributed by atoms with van der Waals surface area (Å²) in [6, 6.07) is 10.6. The van der Waals surface area contributed by atoms with Crippen LogP contribution in [0.1, 0.15) is 18.2 Å². The molecule has 2 rings (SSSR count). The maximum Gasteiger partial charge on any atom is 0.263 e. The van der Waals surface area contributed by atoms with E-state index in [4.69, 9.17) is 0 Å². The summed E-state index contributed by atoms with van der Waals surface area (Å²) in [5.74, 6) is 0. The third-order valence-corrected chi connectivity index (χ3v) is 5.25. The van der Waals surface area contributed by atoms with Gasteiger partial charge >= 0.3 is 0 Å². The number of para-hydroxylation sites is 1. The Hall–Kier alpha value is -1.37. The summed E-state index contributed by atoms with van der Waals surface area (Å²) in [5.41, 5.74) is 0.575. The van der Waals surface area contributed by atoms with E-state index in [2.05, 4.69) is 17.0 Å². The first kappa shape index (κ1) is 15.0. The molecule has 2 aromatic rings. The molecule has 0 aliphatic rings. The van der Waals surface area contributed by atoms with E-state index < -0.39 is 10.0 Å². The molecule has 2 N–H and O–H groups in total. The minimum Gasteiger partial charge on any atom is -0.312 e. The second-order valence-electron chi connectivity index (χ2n) is 4.36. The van der Waals surface area contributed by atoms with E-state index >= 15 is 0 Å². The van der Waals surface area contributed by atoms with Gasteiger partial charge in [-0.15, -0.1) is 11.3 Å². The summed E-state index contributed by atoms with van der Waals surface area (Å²) < 4.78 is 27.4. The molecule has 1 heterocycles. The van der Waals surface area contributed by atoms with Crippen molar-refractivity contribution in [3.63, 3.8) is 0 Å². The number of hydrogen-bond acceptors (Lipinski definition) is 4. The van der Waals surface area contributed by atoms with Crippen LogP contribution in [0, 0.1) is 0 Å². The lowest BCUT2D eigenvalue weighted by Crippen LogP contribution is -2.18. The summed E-state index contributed by atoms with van der Waals surface area (Å²) in [5, 5.41) is 5.04. The predicted molar refractivity (Wildman–Crippen MR) is 83.6 cm³/mol. The molecular formula is C14H18N2O2S2. The first-order valence-electron chi connectivity index (χ1n) is 6.48. The van der Waals surface area contributed by atoms with Crippen molar-refractivity contribution in [2.75, 3.05) is 11.3 Å². The second kappa shape index (κ2) is 6.88. The molecule has 108 valence electrons. The quantitative estimate of drug-likeness (QED) is 0.773. The average molecular weight is 310 g/mol. The van der Waals surface area contributed by atoms with Gasteiger partial charge in [0, 0.05) is 17.1 Å². The van der Waals surface area contributed by atoms with Gasteiger partial charge < -0.3 is 5.32 Å². The van der Waals surface area contributed by atoms with Crippen LogP contribution in [0.3, 0.4) is 0 Å². The Bertz CT molecular complexity index is 636. The standard InChI is InChI=1S/C14H18N2O2S2/c1-2-9-15-11-13-14(8-10-19-13)20(17,18)16-12-6-4-3-5-7-12/h3-8,10,15-16H,2,9,11H2,1H3. The minimum absolute atomic E-state index is 0.356. The van der Waals surface area contributed by atoms with Gasteiger partial charge in [0.05, 0.1) is 0 Å². The van der Waals surface area contributed by atoms with Crippen LogP contribution in [0.25, 0.3) is 0 Å². The number of sulfonamides is 1. The van der Waals surface area contributed by atoms with Crippen molar-refractivity contribution in [1.29, 1.82) is 0 Å². The lowest BCUT2D eigenvalue weighted by atomic mass is 10.3. The summed E-state index contributed by atoms with van der Waals surface area (Å²) in [6.45, 7) is 3.54. The number of rotatable bonds is 7. The number of hydrogen-bond donors (Lipinski definition) is 2. The number of benzene rings is 1. The molecule has 6 heteroatoms. The smallest absolute Gasteiger partial charge is 0.263 e. The molecule has 0 radical (unpaired) electrons. The van der Waals surface area contributed by atoms with Crippen LogP contribution < -0.4 is 10.0 Å². The van der Waals surface area contributed by atoms with Gasteiger partial charge in [0.15, 0.2) is 0 Å². The average Bonchev–Trinajstić information content (AvgIpc) is 2.89. The largest absolute Gasteiger partial charge is 0.312 e. The Balaban J connectivity index is 2.15. The van der Waals surface area contributed by atoms with Crippen molar-refractivity contribution in [1.82, 2.24) is 5.32 Å². The van der Waals surface area contributed by atoms with E-state index in [9.17, 15) is 8.42 Å². The highest BCUT2D eigenvalue weighted by Gasteiger charge is 2.19. The molecule has 0 fully saturated rings. The molecule has 0 spiro atoms. The van der Waals surface area contributed by atoms with E-state index in [1.165, 1.54) is 11.3 Å². The lowest BCUT2D eigenvalue weighted by Gasteiger charge is -2.09. The minimum atomic E-state index is -3.52. The van der Waals surface area contributed by atoms with Crippen molar-refractivity contribution < 1.29 is 8.42 Å². The summed E-state index contributed by atoms with van der Waals surface area (Å²) in [6.07, 6.45) is 1.02. The van der Waals surface area contributed by atoms with Crippen LogP contribution in [0.2, 0.25) is 0 Å². The van der Waals surface area contributed by atoms with Crippen LogP contribution in [-0.2, 0) is 16.6 Å². The SMILES string of the molecule is CCCNCc1sccc1S(=O)(=O)Nc1ccccc1. The molecular weight excluding hydrogens is 292 g/mol. The van der Waals surface area contributed by atoms with Crippen LogP contribution in [0.4, 0.5) is 5.69 Å². The maximum atomic E-state index is 12.4. The van der Waals surface area contributed by atoms with Crippen molar-refractivity contribution in [3.05, 3.63) is 46.7 Å². The summed E-state index contributed by atoms with van der Waals surface area (Å²) in [4.78, 5) is 1.19. The zero-order chi connectivity index (χ0) is 14.4. The van der Waals surface area contributed by atoms with E-state index in [0.29, 0.717) is 17.1 Å². The van der Waals surface area contributed by atoms with Gasteiger partial charge in [0.25, 0.3) is 10.0 Å². The van der Waals surface area contributed by atoms with Gasteiger partial charge in [-0.1, -0.05) is 25.1 Å². The first-order chi connectivity index (χ1) is 9.63. The molecule has 20 heavy (non-hydrogen) atoms. The molecule has 1 aromatic carbocycles. The number of anilines is 1. The molecule has 0 aliphatic heterocycles. The first-order valence-corrected chi connectivity index (χ1v) is 8.84. The Morgan fingerprint density at radius 3 is 2.60 bits per heavy atom. The Morgan fingerprint density at radius 1 is 1.15 bits per heavy atom.